The van der Waals surface area contributed by atoms with Crippen LogP contribution in [0.15, 0.2) is 47.5 Å². The van der Waals surface area contributed by atoms with Crippen LogP contribution in [0.25, 0.3) is 10.9 Å². The number of piperidine rings is 1. The molecule has 5 rings (SSSR count). The number of likely N-dealkylation sites (tertiary alicyclic amines) is 1. The zero-order valence-electron chi connectivity index (χ0n) is 19.7. The number of rotatable bonds is 6. The summed E-state index contributed by atoms with van der Waals surface area (Å²) < 4.78 is 39.1. The minimum absolute atomic E-state index is 0.0543. The van der Waals surface area contributed by atoms with E-state index in [1.807, 2.05) is 18.2 Å². The van der Waals surface area contributed by atoms with E-state index in [0.717, 1.165) is 86.0 Å². The second-order valence-corrected chi connectivity index (χ2v) is 11.1. The van der Waals surface area contributed by atoms with Crippen molar-refractivity contribution in [2.75, 3.05) is 39.1 Å². The van der Waals surface area contributed by atoms with Gasteiger partial charge in [-0.05, 0) is 80.6 Å². The van der Waals surface area contributed by atoms with E-state index in [9.17, 15) is 8.78 Å². The number of hydrogen-bond donors (Lipinski definition) is 0. The molecule has 3 heterocycles. The Hall–Kier alpha value is -1.93. The Balaban J connectivity index is 1.16. The maximum Gasteiger partial charge on any atom is 0.136 e. The predicted molar refractivity (Wildman–Crippen MR) is 136 cm³/mol. The maximum absolute atomic E-state index is 13.8. The number of halogens is 3. The van der Waals surface area contributed by atoms with Gasteiger partial charge in [0.15, 0.2) is 0 Å². The molecule has 186 valence electrons. The number of thioether (sulfide) groups is 1. The molecule has 2 fully saturated rings. The minimum atomic E-state index is -0.399. The maximum atomic E-state index is 13.8. The van der Waals surface area contributed by atoms with E-state index in [1.165, 1.54) is 23.9 Å². The molecular weight excluding hydrogens is 490 g/mol. The van der Waals surface area contributed by atoms with Gasteiger partial charge < -0.3 is 14.4 Å². The Morgan fingerprint density at radius 3 is 2.74 bits per heavy atom. The van der Waals surface area contributed by atoms with Crippen molar-refractivity contribution in [3.8, 4) is 5.75 Å². The number of hydrogen-bond acceptors (Lipinski definition) is 5. The number of pyridine rings is 1. The van der Waals surface area contributed by atoms with Crippen LogP contribution in [0.3, 0.4) is 0 Å². The third-order valence-corrected chi connectivity index (χ3v) is 8.70. The van der Waals surface area contributed by atoms with Crippen molar-refractivity contribution in [1.82, 2.24) is 9.88 Å². The molecule has 0 radical (unpaired) electrons. The molecule has 2 aliphatic heterocycles. The van der Waals surface area contributed by atoms with Gasteiger partial charge in [0.05, 0.1) is 30.4 Å². The average Bonchev–Trinajstić information content (AvgIpc) is 2.88. The van der Waals surface area contributed by atoms with E-state index in [1.54, 1.807) is 13.3 Å². The van der Waals surface area contributed by atoms with Gasteiger partial charge in [-0.3, -0.25) is 4.98 Å². The lowest BCUT2D eigenvalue weighted by atomic mass is 9.73. The normalized spacial score (nSPS) is 20.4. The number of methoxy groups -OCH3 is 1. The van der Waals surface area contributed by atoms with E-state index >= 15 is 0 Å². The fourth-order valence-electron chi connectivity index (χ4n) is 5.24. The van der Waals surface area contributed by atoms with Gasteiger partial charge in [-0.1, -0.05) is 11.6 Å². The molecule has 2 aliphatic rings. The first-order chi connectivity index (χ1) is 17.0. The molecule has 0 saturated carbocycles. The molecule has 0 bridgehead atoms. The summed E-state index contributed by atoms with van der Waals surface area (Å²) in [6, 6.07) is 9.47. The fraction of sp³-hybridized carbons (Fsp3) is 0.444. The van der Waals surface area contributed by atoms with Gasteiger partial charge in [0, 0.05) is 34.3 Å². The molecule has 35 heavy (non-hydrogen) atoms. The lowest BCUT2D eigenvalue weighted by Gasteiger charge is -2.46. The molecule has 1 aromatic heterocycles. The van der Waals surface area contributed by atoms with Crippen LogP contribution in [0, 0.1) is 17.0 Å². The van der Waals surface area contributed by atoms with Gasteiger partial charge in [0.2, 0.25) is 0 Å². The van der Waals surface area contributed by atoms with Crippen LogP contribution in [-0.2, 0) is 4.74 Å². The molecule has 0 aliphatic carbocycles. The van der Waals surface area contributed by atoms with E-state index < -0.39 is 5.82 Å². The van der Waals surface area contributed by atoms with Gasteiger partial charge in [-0.25, -0.2) is 8.78 Å². The van der Waals surface area contributed by atoms with Crippen LogP contribution < -0.4 is 4.74 Å². The first kappa shape index (κ1) is 24.8. The number of ether oxygens (including phenoxy) is 2. The van der Waals surface area contributed by atoms with Gasteiger partial charge in [0.1, 0.15) is 17.4 Å². The highest BCUT2D eigenvalue weighted by atomic mass is 35.5. The molecule has 1 unspecified atom stereocenters. The Labute approximate surface area is 214 Å². The van der Waals surface area contributed by atoms with Crippen molar-refractivity contribution in [3.05, 3.63) is 64.8 Å². The quantitative estimate of drug-likeness (QED) is 0.331. The second-order valence-electron chi connectivity index (χ2n) is 9.51. The summed E-state index contributed by atoms with van der Waals surface area (Å²) in [5, 5.41) is 1.62. The van der Waals surface area contributed by atoms with E-state index in [2.05, 4.69) is 9.88 Å². The molecule has 4 nitrogen and oxygen atoms in total. The highest BCUT2D eigenvalue weighted by Gasteiger charge is 2.39. The molecule has 2 aromatic carbocycles. The summed E-state index contributed by atoms with van der Waals surface area (Å²) in [5.41, 5.74) is 2.09. The van der Waals surface area contributed by atoms with Crippen molar-refractivity contribution < 1.29 is 18.3 Å². The zero-order valence-corrected chi connectivity index (χ0v) is 21.3. The number of nitrogens with zero attached hydrogens (tertiary/aromatic N) is 2. The Bertz CT molecular complexity index is 1190. The predicted octanol–water partition coefficient (Wildman–Crippen LogP) is 6.90. The largest absolute Gasteiger partial charge is 0.497 e. The molecule has 0 amide bonds. The number of aromatic nitrogens is 1. The minimum Gasteiger partial charge on any atom is -0.497 e. The molecule has 1 spiro atoms. The van der Waals surface area contributed by atoms with Crippen molar-refractivity contribution in [1.29, 1.82) is 0 Å². The first-order valence-corrected chi connectivity index (χ1v) is 13.4. The molecule has 1 atom stereocenters. The zero-order chi connectivity index (χ0) is 24.4. The van der Waals surface area contributed by atoms with Crippen molar-refractivity contribution in [2.45, 2.75) is 36.7 Å². The number of benzene rings is 2. The monoisotopic (exact) mass is 518 g/mol. The third kappa shape index (κ3) is 5.43. The molecule has 3 aromatic rings. The lowest BCUT2D eigenvalue weighted by molar-refractivity contribution is -0.0865. The van der Waals surface area contributed by atoms with Crippen LogP contribution in [0.1, 0.15) is 37.4 Å². The SMILES string of the molecule is COc1ccc2ncc(Cl)c(C3CCC4(CCN(CCSc5cc(F)ccc5F)CC4)CO3)c2c1. The van der Waals surface area contributed by atoms with Crippen molar-refractivity contribution in [2.24, 2.45) is 5.41 Å². The summed E-state index contributed by atoms with van der Waals surface area (Å²) >= 11 is 7.98. The highest BCUT2D eigenvalue weighted by Crippen LogP contribution is 2.46. The Morgan fingerprint density at radius 2 is 2.00 bits per heavy atom. The van der Waals surface area contributed by atoms with E-state index in [-0.39, 0.29) is 17.3 Å². The average molecular weight is 519 g/mol. The van der Waals surface area contributed by atoms with Crippen molar-refractivity contribution >= 4 is 34.3 Å². The topological polar surface area (TPSA) is 34.6 Å². The van der Waals surface area contributed by atoms with Gasteiger partial charge in [0.25, 0.3) is 0 Å². The summed E-state index contributed by atoms with van der Waals surface area (Å²) in [5.74, 6) is 0.761. The number of fused-ring (bicyclic) bond motifs is 1. The fourth-order valence-corrected chi connectivity index (χ4v) is 6.48. The molecule has 0 N–H and O–H groups in total. The van der Waals surface area contributed by atoms with Gasteiger partial charge in [-0.2, -0.15) is 0 Å². The smallest absolute Gasteiger partial charge is 0.136 e. The van der Waals surface area contributed by atoms with Crippen LogP contribution in [-0.4, -0.2) is 49.0 Å². The second kappa shape index (κ2) is 10.6. The molecular formula is C27H29ClF2N2O2S. The van der Waals surface area contributed by atoms with Crippen molar-refractivity contribution in [3.63, 3.8) is 0 Å². The molecule has 8 heteroatoms. The third-order valence-electron chi connectivity index (χ3n) is 7.39. The lowest BCUT2D eigenvalue weighted by Crippen LogP contribution is -2.45. The summed E-state index contributed by atoms with van der Waals surface area (Å²) in [6.45, 7) is 3.58. The standard InChI is InChI=1S/C27H29ClF2N2O2S/c1-33-19-3-5-23-20(15-19)26(21(28)16-31-23)24-6-7-27(17-34-24)8-10-32(11-9-27)12-13-35-25-14-18(29)2-4-22(25)30/h2-5,14-16,24H,6-13,17H2,1H3. The highest BCUT2D eigenvalue weighted by molar-refractivity contribution is 7.99. The van der Waals surface area contributed by atoms with E-state index in [4.69, 9.17) is 21.1 Å². The van der Waals surface area contributed by atoms with Gasteiger partial charge in [-0.15, -0.1) is 11.8 Å². The summed E-state index contributed by atoms with van der Waals surface area (Å²) in [4.78, 5) is 7.26. The Kier molecular flexibility index (Phi) is 7.49. The van der Waals surface area contributed by atoms with Crippen LogP contribution in [0.4, 0.5) is 8.78 Å². The summed E-state index contributed by atoms with van der Waals surface area (Å²) in [7, 11) is 1.66. The summed E-state index contributed by atoms with van der Waals surface area (Å²) in [6.07, 6.45) is 5.84. The van der Waals surface area contributed by atoms with Crippen LogP contribution in [0.5, 0.6) is 5.75 Å². The molecule has 2 saturated heterocycles. The van der Waals surface area contributed by atoms with Crippen LogP contribution in [0.2, 0.25) is 5.02 Å². The van der Waals surface area contributed by atoms with Gasteiger partial charge >= 0.3 is 0 Å². The van der Waals surface area contributed by atoms with Crippen LogP contribution >= 0.6 is 23.4 Å². The Morgan fingerprint density at radius 1 is 1.17 bits per heavy atom. The van der Waals surface area contributed by atoms with E-state index in [0.29, 0.717) is 9.92 Å². The first-order valence-electron chi connectivity index (χ1n) is 12.0.